The Morgan fingerprint density at radius 2 is 2.00 bits per heavy atom. The molecular weight excluding hydrogens is 378 g/mol. The van der Waals surface area contributed by atoms with E-state index in [-0.39, 0.29) is 5.56 Å². The first-order chi connectivity index (χ1) is 14.1. The minimum absolute atomic E-state index is 0.0288. The molecule has 5 rings (SSSR count). The summed E-state index contributed by atoms with van der Waals surface area (Å²) in [5.74, 6) is 1.15. The Bertz CT molecular complexity index is 1100. The number of hydrogen-bond donors (Lipinski definition) is 1. The van der Waals surface area contributed by atoms with Gasteiger partial charge in [0.05, 0.1) is 0 Å². The summed E-state index contributed by atoms with van der Waals surface area (Å²) in [4.78, 5) is 19.6. The minimum atomic E-state index is 0.0288. The highest BCUT2D eigenvalue weighted by Crippen LogP contribution is 2.51. The van der Waals surface area contributed by atoms with Crippen LogP contribution >= 0.6 is 11.8 Å². The summed E-state index contributed by atoms with van der Waals surface area (Å²) in [6.07, 6.45) is 10.5. The molecule has 0 unspecified atom stereocenters. The summed E-state index contributed by atoms with van der Waals surface area (Å²) in [6, 6.07) is 8.96. The second-order valence-corrected chi connectivity index (χ2v) is 9.98. The SMILES string of the molecule is CCCCSc1ccc(N2CC3(CCC3)C2)c(-c2cn(C)c(=O)c3[nH]ccc23)c1. The fourth-order valence-corrected chi connectivity index (χ4v) is 5.88. The third kappa shape index (κ3) is 3.20. The molecule has 1 spiro atoms. The van der Waals surface area contributed by atoms with E-state index in [0.717, 1.165) is 16.7 Å². The van der Waals surface area contributed by atoms with Crippen molar-refractivity contribution in [2.45, 2.75) is 43.9 Å². The number of unbranched alkanes of at least 4 members (excludes halogenated alkanes) is 1. The first-order valence-electron chi connectivity index (χ1n) is 10.8. The van der Waals surface area contributed by atoms with Gasteiger partial charge >= 0.3 is 0 Å². The Labute approximate surface area is 176 Å². The summed E-state index contributed by atoms with van der Waals surface area (Å²) in [7, 11) is 1.85. The van der Waals surface area contributed by atoms with Crippen molar-refractivity contribution in [2.24, 2.45) is 12.5 Å². The number of nitrogens with one attached hydrogen (secondary N) is 1. The maximum Gasteiger partial charge on any atom is 0.274 e. The number of anilines is 1. The second kappa shape index (κ2) is 7.28. The van der Waals surface area contributed by atoms with Crippen molar-refractivity contribution >= 4 is 28.4 Å². The largest absolute Gasteiger partial charge is 0.370 e. The number of fused-ring (bicyclic) bond motifs is 1. The Hall–Kier alpha value is -2.14. The molecular formula is C24H29N3OS. The zero-order valence-corrected chi connectivity index (χ0v) is 18.1. The number of pyridine rings is 1. The van der Waals surface area contributed by atoms with Crippen molar-refractivity contribution in [3.8, 4) is 11.1 Å². The lowest BCUT2D eigenvalue weighted by Gasteiger charge is -2.57. The van der Waals surface area contributed by atoms with E-state index in [1.807, 2.05) is 37.3 Å². The number of nitrogens with zero attached hydrogens (tertiary/aromatic N) is 2. The van der Waals surface area contributed by atoms with E-state index in [1.54, 1.807) is 4.57 Å². The topological polar surface area (TPSA) is 41.0 Å². The minimum Gasteiger partial charge on any atom is -0.370 e. The molecule has 0 amide bonds. The monoisotopic (exact) mass is 407 g/mol. The normalized spacial score (nSPS) is 17.5. The van der Waals surface area contributed by atoms with Crippen molar-refractivity contribution in [2.75, 3.05) is 23.7 Å². The van der Waals surface area contributed by atoms with Crippen LogP contribution in [-0.4, -0.2) is 28.4 Å². The number of thioether (sulfide) groups is 1. The van der Waals surface area contributed by atoms with Gasteiger partial charge in [0, 0.05) is 65.0 Å². The van der Waals surface area contributed by atoms with Gasteiger partial charge in [0.25, 0.3) is 5.56 Å². The molecule has 0 atom stereocenters. The van der Waals surface area contributed by atoms with Gasteiger partial charge in [0.2, 0.25) is 0 Å². The molecule has 2 aromatic heterocycles. The summed E-state index contributed by atoms with van der Waals surface area (Å²) in [5.41, 5.74) is 5.01. The van der Waals surface area contributed by atoms with Gasteiger partial charge in [0.1, 0.15) is 5.52 Å². The predicted molar refractivity (Wildman–Crippen MR) is 123 cm³/mol. The van der Waals surface area contributed by atoms with Gasteiger partial charge in [-0.25, -0.2) is 0 Å². The molecule has 1 saturated heterocycles. The maximum absolute atomic E-state index is 12.5. The number of aromatic nitrogens is 2. The zero-order chi connectivity index (χ0) is 20.0. The highest BCUT2D eigenvalue weighted by Gasteiger charge is 2.47. The Morgan fingerprint density at radius 3 is 2.72 bits per heavy atom. The molecule has 0 bridgehead atoms. The van der Waals surface area contributed by atoms with Crippen molar-refractivity contribution in [1.82, 2.24) is 9.55 Å². The van der Waals surface area contributed by atoms with Gasteiger partial charge < -0.3 is 14.5 Å². The van der Waals surface area contributed by atoms with Gasteiger partial charge in [-0.3, -0.25) is 4.79 Å². The molecule has 152 valence electrons. The Morgan fingerprint density at radius 1 is 1.17 bits per heavy atom. The van der Waals surface area contributed by atoms with E-state index in [2.05, 4.69) is 35.0 Å². The molecule has 3 aromatic rings. The second-order valence-electron chi connectivity index (χ2n) is 8.82. The number of benzene rings is 1. The highest BCUT2D eigenvalue weighted by molar-refractivity contribution is 7.99. The molecule has 2 fully saturated rings. The van der Waals surface area contributed by atoms with Crippen LogP contribution < -0.4 is 10.5 Å². The van der Waals surface area contributed by atoms with Crippen molar-refractivity contribution < 1.29 is 0 Å². The molecule has 29 heavy (non-hydrogen) atoms. The van der Waals surface area contributed by atoms with Crippen LogP contribution in [0.3, 0.4) is 0 Å². The first kappa shape index (κ1) is 18.9. The molecule has 5 heteroatoms. The lowest BCUT2D eigenvalue weighted by atomic mass is 9.63. The van der Waals surface area contributed by atoms with E-state index in [1.165, 1.54) is 61.3 Å². The number of rotatable bonds is 6. The van der Waals surface area contributed by atoms with Crippen LogP contribution in [-0.2, 0) is 7.05 Å². The van der Waals surface area contributed by atoms with E-state index in [9.17, 15) is 4.79 Å². The molecule has 1 N–H and O–H groups in total. The molecule has 1 aliphatic carbocycles. The average Bonchev–Trinajstić information content (AvgIpc) is 3.13. The fraction of sp³-hybridized carbons (Fsp3) is 0.458. The van der Waals surface area contributed by atoms with E-state index in [0.29, 0.717) is 10.9 Å². The third-order valence-corrected chi connectivity index (χ3v) is 7.81. The predicted octanol–water partition coefficient (Wildman–Crippen LogP) is 5.42. The lowest BCUT2D eigenvalue weighted by Crippen LogP contribution is -2.60. The van der Waals surface area contributed by atoms with Crippen LogP contribution in [0.4, 0.5) is 5.69 Å². The summed E-state index contributed by atoms with van der Waals surface area (Å²) in [5, 5.41) is 1.02. The summed E-state index contributed by atoms with van der Waals surface area (Å²) >= 11 is 1.94. The van der Waals surface area contributed by atoms with Gasteiger partial charge in [-0.1, -0.05) is 19.8 Å². The average molecular weight is 408 g/mol. The van der Waals surface area contributed by atoms with E-state index >= 15 is 0 Å². The number of hydrogen-bond acceptors (Lipinski definition) is 3. The number of H-pyrrole nitrogens is 1. The summed E-state index contributed by atoms with van der Waals surface area (Å²) in [6.45, 7) is 4.58. The van der Waals surface area contributed by atoms with Crippen LogP contribution in [0.15, 0.2) is 46.3 Å². The van der Waals surface area contributed by atoms with Crippen LogP contribution in [0.2, 0.25) is 0 Å². The number of aryl methyl sites for hydroxylation is 1. The zero-order valence-electron chi connectivity index (χ0n) is 17.3. The smallest absolute Gasteiger partial charge is 0.274 e. The molecule has 3 heterocycles. The first-order valence-corrected chi connectivity index (χ1v) is 11.8. The van der Waals surface area contributed by atoms with Gasteiger partial charge in [-0.2, -0.15) is 0 Å². The molecule has 1 saturated carbocycles. The standard InChI is InChI=1S/C24H29N3OS/c1-3-4-12-29-17-6-7-21(27-15-24(16-27)9-5-10-24)19(13-17)20-14-26(2)23(28)22-18(20)8-11-25-22/h6-8,11,13-14,25H,3-5,9-10,12,15-16H2,1-2H3. The third-order valence-electron chi connectivity index (χ3n) is 6.73. The number of aromatic amines is 1. The summed E-state index contributed by atoms with van der Waals surface area (Å²) < 4.78 is 1.71. The van der Waals surface area contributed by atoms with E-state index in [4.69, 9.17) is 0 Å². The molecule has 1 aromatic carbocycles. The quantitative estimate of drug-likeness (QED) is 0.438. The molecule has 1 aliphatic heterocycles. The van der Waals surface area contributed by atoms with Crippen LogP contribution in [0.25, 0.3) is 22.0 Å². The molecule has 2 aliphatic rings. The van der Waals surface area contributed by atoms with Crippen molar-refractivity contribution in [3.05, 3.63) is 47.0 Å². The maximum atomic E-state index is 12.5. The highest BCUT2D eigenvalue weighted by atomic mass is 32.2. The lowest BCUT2D eigenvalue weighted by molar-refractivity contribution is 0.0905. The molecule has 0 radical (unpaired) electrons. The van der Waals surface area contributed by atoms with Crippen LogP contribution in [0.1, 0.15) is 39.0 Å². The fourth-order valence-electron chi connectivity index (χ4n) is 4.84. The van der Waals surface area contributed by atoms with Gasteiger partial charge in [-0.15, -0.1) is 11.8 Å². The van der Waals surface area contributed by atoms with Gasteiger partial charge in [0.15, 0.2) is 0 Å². The van der Waals surface area contributed by atoms with Crippen molar-refractivity contribution in [1.29, 1.82) is 0 Å². The van der Waals surface area contributed by atoms with E-state index < -0.39 is 0 Å². The van der Waals surface area contributed by atoms with Crippen LogP contribution in [0.5, 0.6) is 0 Å². The Kier molecular flexibility index (Phi) is 4.73. The van der Waals surface area contributed by atoms with Crippen LogP contribution in [0, 0.1) is 5.41 Å². The van der Waals surface area contributed by atoms with Crippen molar-refractivity contribution in [3.63, 3.8) is 0 Å². The molecule has 4 nitrogen and oxygen atoms in total. The van der Waals surface area contributed by atoms with Gasteiger partial charge in [-0.05, 0) is 49.3 Å². The Balaban J connectivity index is 1.59.